The van der Waals surface area contributed by atoms with E-state index in [-0.39, 0.29) is 11.5 Å². The molecule has 0 amide bonds. The van der Waals surface area contributed by atoms with Crippen LogP contribution in [-0.4, -0.2) is 43.0 Å². The molecule has 0 bridgehead atoms. The highest BCUT2D eigenvalue weighted by atomic mass is 32.1. The second kappa shape index (κ2) is 12.6. The lowest BCUT2D eigenvalue weighted by Crippen LogP contribution is -1.92. The van der Waals surface area contributed by atoms with Crippen LogP contribution >= 0.6 is 22.7 Å². The minimum absolute atomic E-state index is 0.200. The molecule has 0 fully saturated rings. The number of nitrogens with zero attached hydrogens (tertiary/aromatic N) is 6. The monoisotopic (exact) mass is 682 g/mol. The molecule has 10 nitrogen and oxygen atoms in total. The largest absolute Gasteiger partial charge is 0.508 e. The van der Waals surface area contributed by atoms with E-state index >= 15 is 0 Å². The predicted molar refractivity (Wildman–Crippen MR) is 193 cm³/mol. The first-order chi connectivity index (χ1) is 23.9. The van der Waals surface area contributed by atoms with E-state index in [0.29, 0.717) is 26.7 Å². The van der Waals surface area contributed by atoms with Gasteiger partial charge in [0.1, 0.15) is 22.7 Å². The molecule has 4 aromatic heterocycles. The first-order valence-electron chi connectivity index (χ1n) is 15.2. The fourth-order valence-electron chi connectivity index (χ4n) is 5.53. The average Bonchev–Trinajstić information content (AvgIpc) is 3.92. The number of hydrogen-bond acceptors (Lipinski definition) is 12. The zero-order valence-corrected chi connectivity index (χ0v) is 27.8. The summed E-state index contributed by atoms with van der Waals surface area (Å²) in [6.07, 6.45) is 7.55. The van der Waals surface area contributed by atoms with Gasteiger partial charge in [-0.3, -0.25) is 0 Å². The summed E-state index contributed by atoms with van der Waals surface area (Å²) in [6, 6.07) is 22.1. The van der Waals surface area contributed by atoms with Gasteiger partial charge in [0.15, 0.2) is 10.0 Å². The molecule has 12 heteroatoms. The van der Waals surface area contributed by atoms with Crippen LogP contribution < -0.4 is 0 Å². The molecular formula is C37H26N6O4S2. The van der Waals surface area contributed by atoms with Gasteiger partial charge in [0.2, 0.25) is 10.3 Å². The summed E-state index contributed by atoms with van der Waals surface area (Å²) < 4.78 is 12.0. The number of aromatic nitrogens is 4. The molecule has 4 heterocycles. The van der Waals surface area contributed by atoms with Crippen molar-refractivity contribution in [1.82, 2.24) is 20.4 Å². The van der Waals surface area contributed by atoms with Crippen LogP contribution in [0.5, 0.6) is 11.5 Å². The third-order valence-corrected chi connectivity index (χ3v) is 9.72. The van der Waals surface area contributed by atoms with Crippen molar-refractivity contribution in [3.63, 3.8) is 0 Å². The molecule has 0 aliphatic rings. The lowest BCUT2D eigenvalue weighted by molar-refractivity contribution is 0.475. The Morgan fingerprint density at radius 2 is 1.04 bits per heavy atom. The topological polar surface area (TPSA) is 143 Å². The predicted octanol–water partition coefficient (Wildman–Crippen LogP) is 9.34. The molecule has 0 unspecified atom stereocenters. The van der Waals surface area contributed by atoms with E-state index in [9.17, 15) is 10.2 Å². The van der Waals surface area contributed by atoms with Crippen molar-refractivity contribution >= 4 is 67.3 Å². The van der Waals surface area contributed by atoms with Gasteiger partial charge in [-0.25, -0.2) is 9.98 Å². The van der Waals surface area contributed by atoms with E-state index < -0.39 is 0 Å². The standard InChI is InChI=1S/C37H26N6O4S2/c1-20-18-46-32-28(20)12-24(14-30(32)34-40-42-36(48-34)38-16-22-3-7-26(44)8-4-22)11-25-13-29-21(2)19-47-33(29)31(15-25)35-41-43-37(49-35)39-17-23-5-9-27(45)10-6-23/h3-10,12-19,44-45H,11H2,1-2H3/b38-16+,39-17+. The van der Waals surface area contributed by atoms with Gasteiger partial charge < -0.3 is 19.0 Å². The molecule has 0 saturated carbocycles. The first-order valence-corrected chi connectivity index (χ1v) is 16.8. The van der Waals surface area contributed by atoms with E-state index in [1.165, 1.54) is 22.7 Å². The van der Waals surface area contributed by atoms with Crippen LogP contribution in [0.4, 0.5) is 10.3 Å². The number of benzene rings is 4. The Bertz CT molecular complexity index is 2350. The smallest absolute Gasteiger partial charge is 0.231 e. The number of furan rings is 2. The summed E-state index contributed by atoms with van der Waals surface area (Å²) in [5, 5.41) is 41.1. The number of aliphatic imine (C=N–C) groups is 2. The van der Waals surface area contributed by atoms with Gasteiger partial charge in [-0.2, -0.15) is 0 Å². The Balaban J connectivity index is 1.12. The van der Waals surface area contributed by atoms with Gasteiger partial charge in [0, 0.05) is 23.2 Å². The number of aryl methyl sites for hydroxylation is 2. The van der Waals surface area contributed by atoms with Crippen LogP contribution in [0.3, 0.4) is 0 Å². The van der Waals surface area contributed by atoms with Gasteiger partial charge >= 0.3 is 0 Å². The van der Waals surface area contributed by atoms with Gasteiger partial charge in [-0.05, 0) is 126 Å². The van der Waals surface area contributed by atoms with E-state index in [2.05, 4.69) is 54.6 Å². The number of rotatable bonds is 8. The summed E-state index contributed by atoms with van der Waals surface area (Å²) in [6.45, 7) is 4.06. The van der Waals surface area contributed by atoms with Gasteiger partial charge in [-0.15, -0.1) is 20.4 Å². The Hall–Kier alpha value is -5.98. The second-order valence-electron chi connectivity index (χ2n) is 11.5. The van der Waals surface area contributed by atoms with Crippen LogP contribution in [0, 0.1) is 13.8 Å². The molecule has 0 atom stereocenters. The molecule has 4 aromatic carbocycles. The summed E-state index contributed by atoms with van der Waals surface area (Å²) in [5.74, 6) is 0.401. The van der Waals surface area contributed by atoms with E-state index in [1.807, 2.05) is 13.8 Å². The molecule has 240 valence electrons. The number of phenols is 2. The number of fused-ring (bicyclic) bond motifs is 2. The van der Waals surface area contributed by atoms with Crippen molar-refractivity contribution in [3.8, 4) is 32.6 Å². The van der Waals surface area contributed by atoms with Crippen LogP contribution in [0.1, 0.15) is 33.4 Å². The van der Waals surface area contributed by atoms with E-state index in [0.717, 1.165) is 66.4 Å². The number of aromatic hydroxyl groups is 2. The van der Waals surface area contributed by atoms with Gasteiger partial charge in [0.25, 0.3) is 0 Å². The molecule has 0 aliphatic heterocycles. The number of phenolic OH excluding ortho intramolecular Hbond substituents is 2. The minimum atomic E-state index is 0.200. The van der Waals surface area contributed by atoms with Crippen molar-refractivity contribution in [2.45, 2.75) is 20.3 Å². The molecule has 0 spiro atoms. The quantitative estimate of drug-likeness (QED) is 0.151. The zero-order chi connectivity index (χ0) is 33.5. The molecule has 8 aromatic rings. The molecule has 0 saturated heterocycles. The third kappa shape index (κ3) is 6.22. The normalized spacial score (nSPS) is 12.0. The second-order valence-corrected chi connectivity index (χ2v) is 13.4. The maximum atomic E-state index is 9.56. The molecular weight excluding hydrogens is 657 g/mol. The highest BCUT2D eigenvalue weighted by molar-refractivity contribution is 7.18. The fourth-order valence-corrected chi connectivity index (χ4v) is 6.94. The Labute approximate surface area is 287 Å². The third-order valence-electron chi connectivity index (χ3n) is 7.99. The molecule has 0 radical (unpaired) electrons. The minimum Gasteiger partial charge on any atom is -0.508 e. The van der Waals surface area contributed by atoms with E-state index in [4.69, 9.17) is 8.83 Å². The summed E-state index contributed by atoms with van der Waals surface area (Å²) in [4.78, 5) is 9.00. The van der Waals surface area contributed by atoms with Crippen molar-refractivity contribution in [3.05, 3.63) is 119 Å². The van der Waals surface area contributed by atoms with Crippen molar-refractivity contribution in [2.24, 2.45) is 9.98 Å². The molecule has 49 heavy (non-hydrogen) atoms. The Kier molecular flexibility index (Phi) is 7.78. The van der Waals surface area contributed by atoms with Crippen molar-refractivity contribution in [2.75, 3.05) is 0 Å². The van der Waals surface area contributed by atoms with Gasteiger partial charge in [0.05, 0.1) is 23.7 Å². The summed E-state index contributed by atoms with van der Waals surface area (Å²) in [5.41, 5.74) is 9.13. The Morgan fingerprint density at radius 3 is 1.47 bits per heavy atom. The highest BCUT2D eigenvalue weighted by Crippen LogP contribution is 2.39. The lowest BCUT2D eigenvalue weighted by Gasteiger charge is -2.08. The van der Waals surface area contributed by atoms with Crippen LogP contribution in [-0.2, 0) is 6.42 Å². The summed E-state index contributed by atoms with van der Waals surface area (Å²) in [7, 11) is 0. The SMILES string of the molecule is Cc1coc2c(-c3nnc(/N=C/c4ccc(O)cc4)s3)cc(Cc3cc(-c4nnc(/N=C/c5ccc(O)cc5)s4)c4occ(C)c4c3)cc12. The lowest BCUT2D eigenvalue weighted by atomic mass is 9.97. The van der Waals surface area contributed by atoms with Crippen molar-refractivity contribution in [1.29, 1.82) is 0 Å². The van der Waals surface area contributed by atoms with Crippen molar-refractivity contribution < 1.29 is 19.0 Å². The number of hydrogen-bond donors (Lipinski definition) is 2. The maximum Gasteiger partial charge on any atom is 0.231 e. The fraction of sp³-hybridized carbons (Fsp3) is 0.0811. The summed E-state index contributed by atoms with van der Waals surface area (Å²) >= 11 is 2.76. The average molecular weight is 683 g/mol. The Morgan fingerprint density at radius 1 is 0.612 bits per heavy atom. The molecule has 2 N–H and O–H groups in total. The first kappa shape index (κ1) is 30.4. The zero-order valence-electron chi connectivity index (χ0n) is 26.2. The van der Waals surface area contributed by atoms with Crippen LogP contribution in [0.15, 0.2) is 104 Å². The molecule has 0 aliphatic carbocycles. The van der Waals surface area contributed by atoms with E-state index in [1.54, 1.807) is 73.5 Å². The molecule has 8 rings (SSSR count). The van der Waals surface area contributed by atoms with Crippen LogP contribution in [0.2, 0.25) is 0 Å². The highest BCUT2D eigenvalue weighted by Gasteiger charge is 2.19. The van der Waals surface area contributed by atoms with Crippen LogP contribution in [0.25, 0.3) is 43.1 Å². The van der Waals surface area contributed by atoms with Gasteiger partial charge in [-0.1, -0.05) is 22.7 Å². The maximum absolute atomic E-state index is 9.56.